The van der Waals surface area contributed by atoms with Crippen molar-refractivity contribution in [3.63, 3.8) is 0 Å². The van der Waals surface area contributed by atoms with Gasteiger partial charge >= 0.3 is 0 Å². The first-order chi connectivity index (χ1) is 9.83. The summed E-state index contributed by atoms with van der Waals surface area (Å²) in [5.74, 6) is 0.510. The Hall–Kier alpha value is -1.69. The summed E-state index contributed by atoms with van der Waals surface area (Å²) in [7, 11) is 0. The van der Waals surface area contributed by atoms with Gasteiger partial charge in [-0.2, -0.15) is 0 Å². The maximum absolute atomic E-state index is 12.1. The van der Waals surface area contributed by atoms with Crippen LogP contribution in [0.3, 0.4) is 0 Å². The second-order valence-corrected chi connectivity index (χ2v) is 5.28. The predicted octanol–water partition coefficient (Wildman–Crippen LogP) is 0.986. The molecule has 3 heterocycles. The maximum Gasteiger partial charge on any atom is 0.270 e. The fourth-order valence-corrected chi connectivity index (χ4v) is 2.65. The summed E-state index contributed by atoms with van der Waals surface area (Å²) < 4.78 is 5.49. The summed E-state index contributed by atoms with van der Waals surface area (Å²) >= 11 is 0. The Balaban J connectivity index is 1.60. The lowest BCUT2D eigenvalue weighted by Gasteiger charge is -2.15. The molecule has 3 rings (SSSR count). The van der Waals surface area contributed by atoms with Gasteiger partial charge in [-0.15, -0.1) is 0 Å². The van der Waals surface area contributed by atoms with Gasteiger partial charge in [-0.1, -0.05) is 0 Å². The topological polar surface area (TPSA) is 67.3 Å². The number of amides is 1. The third-order valence-electron chi connectivity index (χ3n) is 3.78. The van der Waals surface area contributed by atoms with E-state index in [1.807, 2.05) is 0 Å². The molecule has 1 aromatic rings. The first-order valence-electron chi connectivity index (χ1n) is 7.31. The van der Waals surface area contributed by atoms with E-state index in [9.17, 15) is 4.79 Å². The van der Waals surface area contributed by atoms with E-state index in [4.69, 9.17) is 4.74 Å². The molecule has 1 aromatic heterocycles. The van der Waals surface area contributed by atoms with Crippen LogP contribution in [0.4, 0.5) is 5.95 Å². The molecular weight excluding hydrogens is 256 g/mol. The Morgan fingerprint density at radius 1 is 1.40 bits per heavy atom. The molecule has 1 atom stereocenters. The number of nitrogens with zero attached hydrogens (tertiary/aromatic N) is 3. The van der Waals surface area contributed by atoms with Gasteiger partial charge in [0.15, 0.2) is 0 Å². The summed E-state index contributed by atoms with van der Waals surface area (Å²) in [4.78, 5) is 22.8. The normalized spacial score (nSPS) is 22.2. The fraction of sp³-hybridized carbons (Fsp3) is 0.643. The minimum absolute atomic E-state index is 0.150. The zero-order valence-electron chi connectivity index (χ0n) is 11.5. The highest BCUT2D eigenvalue weighted by Crippen LogP contribution is 2.15. The number of rotatable bonds is 4. The highest BCUT2D eigenvalue weighted by molar-refractivity contribution is 5.92. The largest absolute Gasteiger partial charge is 0.376 e. The van der Waals surface area contributed by atoms with E-state index in [-0.39, 0.29) is 12.0 Å². The van der Waals surface area contributed by atoms with Crippen molar-refractivity contribution in [2.24, 2.45) is 0 Å². The number of nitrogens with one attached hydrogen (secondary N) is 1. The minimum Gasteiger partial charge on any atom is -0.376 e. The summed E-state index contributed by atoms with van der Waals surface area (Å²) in [6.45, 7) is 3.30. The molecule has 0 saturated carbocycles. The quantitative estimate of drug-likeness (QED) is 0.888. The number of aromatic nitrogens is 2. The summed E-state index contributed by atoms with van der Waals surface area (Å²) in [6, 6.07) is 1.66. The Bertz CT molecular complexity index is 468. The number of anilines is 1. The van der Waals surface area contributed by atoms with Crippen molar-refractivity contribution >= 4 is 11.9 Å². The number of ether oxygens (including phenoxy) is 1. The molecule has 0 bridgehead atoms. The van der Waals surface area contributed by atoms with E-state index in [0.29, 0.717) is 18.2 Å². The summed E-state index contributed by atoms with van der Waals surface area (Å²) in [5, 5.41) is 2.89. The zero-order chi connectivity index (χ0) is 13.8. The molecule has 0 spiro atoms. The third-order valence-corrected chi connectivity index (χ3v) is 3.78. The predicted molar refractivity (Wildman–Crippen MR) is 74.8 cm³/mol. The monoisotopic (exact) mass is 276 g/mol. The van der Waals surface area contributed by atoms with Crippen molar-refractivity contribution in [2.75, 3.05) is 31.1 Å². The van der Waals surface area contributed by atoms with Gasteiger partial charge in [0.05, 0.1) is 6.10 Å². The number of hydrogen-bond donors (Lipinski definition) is 1. The van der Waals surface area contributed by atoms with E-state index < -0.39 is 0 Å². The van der Waals surface area contributed by atoms with Crippen molar-refractivity contribution in [1.82, 2.24) is 15.3 Å². The average molecular weight is 276 g/mol. The Morgan fingerprint density at radius 2 is 2.25 bits per heavy atom. The van der Waals surface area contributed by atoms with Gasteiger partial charge in [0, 0.05) is 32.4 Å². The SMILES string of the molecule is O=C(NCC1CCCO1)c1ccnc(N2CCCC2)n1. The van der Waals surface area contributed by atoms with E-state index in [1.165, 1.54) is 12.8 Å². The van der Waals surface area contributed by atoms with Gasteiger partial charge in [0.2, 0.25) is 5.95 Å². The molecular formula is C14H20N4O2. The molecule has 6 nitrogen and oxygen atoms in total. The standard InChI is InChI=1S/C14H20N4O2/c19-13(16-10-11-4-3-9-20-11)12-5-6-15-14(17-12)18-7-1-2-8-18/h5-6,11H,1-4,7-10H2,(H,16,19). The van der Waals surface area contributed by atoms with Crippen LogP contribution in [0.5, 0.6) is 0 Å². The van der Waals surface area contributed by atoms with Gasteiger partial charge in [0.1, 0.15) is 5.69 Å². The molecule has 2 saturated heterocycles. The minimum atomic E-state index is -0.150. The first-order valence-corrected chi connectivity index (χ1v) is 7.31. The average Bonchev–Trinajstić information content (AvgIpc) is 3.18. The number of carbonyl (C=O) groups is 1. The molecule has 0 aliphatic carbocycles. The fourth-order valence-electron chi connectivity index (χ4n) is 2.65. The van der Waals surface area contributed by atoms with Crippen LogP contribution >= 0.6 is 0 Å². The molecule has 0 aromatic carbocycles. The van der Waals surface area contributed by atoms with E-state index in [1.54, 1.807) is 12.3 Å². The van der Waals surface area contributed by atoms with Gasteiger partial charge < -0.3 is 15.0 Å². The van der Waals surface area contributed by atoms with Crippen LogP contribution in [0.15, 0.2) is 12.3 Å². The van der Waals surface area contributed by atoms with Crippen LogP contribution in [0.2, 0.25) is 0 Å². The molecule has 2 aliphatic rings. The summed E-state index contributed by atoms with van der Waals surface area (Å²) in [6.07, 6.45) is 6.23. The lowest BCUT2D eigenvalue weighted by atomic mass is 10.2. The molecule has 1 N–H and O–H groups in total. The lowest BCUT2D eigenvalue weighted by molar-refractivity contribution is 0.0853. The second-order valence-electron chi connectivity index (χ2n) is 5.28. The number of carbonyl (C=O) groups excluding carboxylic acids is 1. The van der Waals surface area contributed by atoms with Crippen LogP contribution in [0.25, 0.3) is 0 Å². The van der Waals surface area contributed by atoms with Gasteiger partial charge in [0.25, 0.3) is 5.91 Å². The van der Waals surface area contributed by atoms with Crippen LogP contribution in [-0.2, 0) is 4.74 Å². The Morgan fingerprint density at radius 3 is 3.00 bits per heavy atom. The molecule has 20 heavy (non-hydrogen) atoms. The first kappa shape index (κ1) is 13.3. The molecule has 108 valence electrons. The Labute approximate surface area is 118 Å². The van der Waals surface area contributed by atoms with Crippen molar-refractivity contribution in [1.29, 1.82) is 0 Å². The van der Waals surface area contributed by atoms with Gasteiger partial charge in [-0.3, -0.25) is 4.79 Å². The van der Waals surface area contributed by atoms with Crippen molar-refractivity contribution in [3.05, 3.63) is 18.0 Å². The van der Waals surface area contributed by atoms with Gasteiger partial charge in [-0.25, -0.2) is 9.97 Å². The third kappa shape index (κ3) is 3.07. The van der Waals surface area contributed by atoms with Gasteiger partial charge in [-0.05, 0) is 31.7 Å². The van der Waals surface area contributed by atoms with E-state index in [0.717, 1.165) is 32.5 Å². The van der Waals surface area contributed by atoms with Crippen molar-refractivity contribution in [2.45, 2.75) is 31.8 Å². The van der Waals surface area contributed by atoms with E-state index >= 15 is 0 Å². The van der Waals surface area contributed by atoms with Crippen LogP contribution in [-0.4, -0.2) is 48.2 Å². The van der Waals surface area contributed by atoms with Crippen LogP contribution < -0.4 is 10.2 Å². The molecule has 2 aliphatic heterocycles. The molecule has 1 unspecified atom stereocenters. The smallest absolute Gasteiger partial charge is 0.270 e. The van der Waals surface area contributed by atoms with Crippen LogP contribution in [0, 0.1) is 0 Å². The molecule has 6 heteroatoms. The lowest BCUT2D eigenvalue weighted by Crippen LogP contribution is -2.32. The highest BCUT2D eigenvalue weighted by atomic mass is 16.5. The Kier molecular flexibility index (Phi) is 4.11. The van der Waals surface area contributed by atoms with Crippen LogP contribution in [0.1, 0.15) is 36.2 Å². The highest BCUT2D eigenvalue weighted by Gasteiger charge is 2.19. The second kappa shape index (κ2) is 6.17. The van der Waals surface area contributed by atoms with E-state index in [2.05, 4.69) is 20.2 Å². The molecule has 0 radical (unpaired) electrons. The number of hydrogen-bond acceptors (Lipinski definition) is 5. The van der Waals surface area contributed by atoms with Crippen molar-refractivity contribution in [3.8, 4) is 0 Å². The maximum atomic E-state index is 12.1. The zero-order valence-corrected chi connectivity index (χ0v) is 11.5. The molecule has 1 amide bonds. The summed E-state index contributed by atoms with van der Waals surface area (Å²) in [5.41, 5.74) is 0.430. The molecule has 2 fully saturated rings. The van der Waals surface area contributed by atoms with Crippen molar-refractivity contribution < 1.29 is 9.53 Å².